The van der Waals surface area contributed by atoms with Crippen LogP contribution >= 0.6 is 0 Å². The summed E-state index contributed by atoms with van der Waals surface area (Å²) >= 11 is 0. The van der Waals surface area contributed by atoms with Crippen molar-refractivity contribution in [3.05, 3.63) is 29.8 Å². The minimum Gasteiger partial charge on any atom is -0.491 e. The molecule has 1 N–H and O–H groups in total. The highest BCUT2D eigenvalue weighted by Crippen LogP contribution is 2.38. The van der Waals surface area contributed by atoms with Crippen LogP contribution in [0.4, 0.5) is 0 Å². The van der Waals surface area contributed by atoms with Gasteiger partial charge < -0.3 is 10.1 Å². The third kappa shape index (κ3) is 7.27. The lowest BCUT2D eigenvalue weighted by Gasteiger charge is -2.47. The molecule has 0 saturated carbocycles. The molecular weight excluding hydrogens is 504 g/mol. The number of nitrogens with one attached hydrogen (secondary N) is 1. The molecule has 10 heteroatoms. The molecule has 4 rings (SSSR count). The predicted molar refractivity (Wildman–Crippen MR) is 147 cm³/mol. The van der Waals surface area contributed by atoms with E-state index in [9.17, 15) is 18.0 Å². The van der Waals surface area contributed by atoms with Gasteiger partial charge in [-0.05, 0) is 68.9 Å². The Labute approximate surface area is 227 Å². The first kappa shape index (κ1) is 28.8. The number of nitrogens with zero attached hydrogens (tertiary/aromatic N) is 3. The molecular formula is C28H44N4O5S. The van der Waals surface area contributed by atoms with Crippen LogP contribution in [-0.2, 0) is 26.0 Å². The van der Waals surface area contributed by atoms with Gasteiger partial charge in [-0.15, -0.1) is 0 Å². The monoisotopic (exact) mass is 548 g/mol. The van der Waals surface area contributed by atoms with Crippen LogP contribution in [0.5, 0.6) is 5.75 Å². The van der Waals surface area contributed by atoms with Gasteiger partial charge in [0, 0.05) is 39.6 Å². The number of carbonyl (C=O) groups is 2. The summed E-state index contributed by atoms with van der Waals surface area (Å²) in [7, 11) is -3.54. The van der Waals surface area contributed by atoms with Gasteiger partial charge in [0.1, 0.15) is 12.4 Å². The molecule has 1 aromatic rings. The maximum atomic E-state index is 13.4. The minimum atomic E-state index is -3.54. The largest absolute Gasteiger partial charge is 0.491 e. The second-order valence-electron chi connectivity index (χ2n) is 11.2. The van der Waals surface area contributed by atoms with Gasteiger partial charge in [-0.2, -0.15) is 0 Å². The highest BCUT2D eigenvalue weighted by atomic mass is 32.2. The normalized spacial score (nSPS) is 23.8. The first-order valence-electron chi connectivity index (χ1n) is 14.1. The molecule has 0 aromatic heterocycles. The fraction of sp³-hybridized carbons (Fsp3) is 0.714. The van der Waals surface area contributed by atoms with E-state index in [1.54, 1.807) is 0 Å². The molecule has 0 bridgehead atoms. The first-order valence-corrected chi connectivity index (χ1v) is 16.0. The van der Waals surface area contributed by atoms with Crippen molar-refractivity contribution in [3.8, 4) is 5.75 Å². The number of hydrogen-bond acceptors (Lipinski definition) is 7. The number of carbonyl (C=O) groups excluding carboxylic acids is 2. The second kappa shape index (κ2) is 12.8. The van der Waals surface area contributed by atoms with Crippen LogP contribution in [0.3, 0.4) is 0 Å². The zero-order valence-corrected chi connectivity index (χ0v) is 23.8. The summed E-state index contributed by atoms with van der Waals surface area (Å²) < 4.78 is 30.9. The lowest BCUT2D eigenvalue weighted by molar-refractivity contribution is -0.141. The van der Waals surface area contributed by atoms with E-state index in [2.05, 4.69) is 27.5 Å². The number of hydrogen-bond donors (Lipinski definition) is 1. The number of piperidine rings is 2. The number of hydrazine groups is 1. The summed E-state index contributed by atoms with van der Waals surface area (Å²) in [4.78, 5) is 25.2. The minimum absolute atomic E-state index is 0.163. The van der Waals surface area contributed by atoms with Gasteiger partial charge in [0.25, 0.3) is 0 Å². The highest BCUT2D eigenvalue weighted by molar-refractivity contribution is 7.88. The average Bonchev–Trinajstić information content (AvgIpc) is 2.88. The standard InChI is InChI=1S/C28H44N4O5S/c1-23(33)32(38(2,35)36)18-12-24-8-7-17-31(22-24)30-19-14-28(15-20-30)13-6-5-10-25-9-3-4-11-26(25)37-21-16-29-27(28)34/h3-4,9,11,24H,5-8,10,12-22H2,1-2H3,(H,29,34). The van der Waals surface area contributed by atoms with Crippen LogP contribution in [0.25, 0.3) is 0 Å². The van der Waals surface area contributed by atoms with Crippen molar-refractivity contribution in [1.82, 2.24) is 19.6 Å². The Balaban J connectivity index is 1.32. The molecule has 1 unspecified atom stereocenters. The van der Waals surface area contributed by atoms with Gasteiger partial charge in [0.2, 0.25) is 21.8 Å². The summed E-state index contributed by atoms with van der Waals surface area (Å²) in [5.74, 6) is 1.01. The molecule has 1 spiro atoms. The van der Waals surface area contributed by atoms with Crippen molar-refractivity contribution >= 4 is 21.8 Å². The van der Waals surface area contributed by atoms with Gasteiger partial charge in [0.05, 0.1) is 18.2 Å². The first-order chi connectivity index (χ1) is 18.2. The average molecular weight is 549 g/mol. The van der Waals surface area contributed by atoms with Gasteiger partial charge >= 0.3 is 0 Å². The molecule has 38 heavy (non-hydrogen) atoms. The van der Waals surface area contributed by atoms with Crippen LogP contribution in [0, 0.1) is 11.3 Å². The quantitative estimate of drug-likeness (QED) is 0.604. The van der Waals surface area contributed by atoms with Crippen molar-refractivity contribution in [2.24, 2.45) is 11.3 Å². The van der Waals surface area contributed by atoms with E-state index >= 15 is 0 Å². The molecule has 3 aliphatic heterocycles. The van der Waals surface area contributed by atoms with Crippen LogP contribution < -0.4 is 10.1 Å². The van der Waals surface area contributed by atoms with Crippen LogP contribution in [0.2, 0.25) is 0 Å². The highest BCUT2D eigenvalue weighted by Gasteiger charge is 2.42. The Morgan fingerprint density at radius 2 is 1.87 bits per heavy atom. The SMILES string of the molecule is CC(=O)N(CCC1CCCN(N2CCC3(CCCCc4ccccc4OCCNC3=O)CC2)C1)S(C)(=O)=O. The zero-order valence-electron chi connectivity index (χ0n) is 23.0. The number of amides is 2. The molecule has 1 aromatic carbocycles. The number of para-hydroxylation sites is 1. The number of sulfonamides is 1. The molecule has 2 fully saturated rings. The van der Waals surface area contributed by atoms with Gasteiger partial charge in [-0.1, -0.05) is 24.6 Å². The van der Waals surface area contributed by atoms with E-state index in [-0.39, 0.29) is 17.9 Å². The smallest absolute Gasteiger partial charge is 0.234 e. The molecule has 1 atom stereocenters. The van der Waals surface area contributed by atoms with Crippen molar-refractivity contribution in [3.63, 3.8) is 0 Å². The molecule has 0 aliphatic carbocycles. The molecule has 3 heterocycles. The Hall–Kier alpha value is -2.17. The lowest BCUT2D eigenvalue weighted by atomic mass is 9.73. The fourth-order valence-corrected chi connectivity index (χ4v) is 7.24. The van der Waals surface area contributed by atoms with Crippen molar-refractivity contribution in [2.45, 2.75) is 64.7 Å². The number of fused-ring (bicyclic) bond motifs is 1. The number of benzene rings is 1. The Bertz CT molecular complexity index is 1070. The van der Waals surface area contributed by atoms with E-state index in [1.165, 1.54) is 12.5 Å². The van der Waals surface area contributed by atoms with Crippen molar-refractivity contribution < 1.29 is 22.7 Å². The van der Waals surface area contributed by atoms with Crippen LogP contribution in [-0.4, -0.2) is 86.7 Å². The zero-order chi connectivity index (χ0) is 27.2. The fourth-order valence-electron chi connectivity index (χ4n) is 6.33. The molecule has 2 amide bonds. The van der Waals surface area contributed by atoms with E-state index in [1.807, 2.05) is 12.1 Å². The predicted octanol–water partition coefficient (Wildman–Crippen LogP) is 2.82. The van der Waals surface area contributed by atoms with Crippen LogP contribution in [0.15, 0.2) is 24.3 Å². The summed E-state index contributed by atoms with van der Waals surface area (Å²) in [6, 6.07) is 8.20. The summed E-state index contributed by atoms with van der Waals surface area (Å²) in [5, 5.41) is 7.97. The molecule has 0 radical (unpaired) electrons. The van der Waals surface area contributed by atoms with Crippen molar-refractivity contribution in [1.29, 1.82) is 0 Å². The third-order valence-corrected chi connectivity index (χ3v) is 9.78. The number of aryl methyl sites for hydroxylation is 1. The van der Waals surface area contributed by atoms with Gasteiger partial charge in [-0.3, -0.25) is 9.59 Å². The van der Waals surface area contributed by atoms with E-state index in [0.717, 1.165) is 93.9 Å². The summed E-state index contributed by atoms with van der Waals surface area (Å²) in [5.41, 5.74) is 0.910. The maximum absolute atomic E-state index is 13.4. The Morgan fingerprint density at radius 1 is 1.11 bits per heavy atom. The number of ether oxygens (including phenoxy) is 1. The van der Waals surface area contributed by atoms with E-state index in [4.69, 9.17) is 4.74 Å². The number of rotatable bonds is 5. The topological polar surface area (TPSA) is 99.3 Å². The lowest BCUT2D eigenvalue weighted by Crippen LogP contribution is -2.56. The molecule has 2 saturated heterocycles. The molecule has 3 aliphatic rings. The Kier molecular flexibility index (Phi) is 9.70. The third-order valence-electron chi connectivity index (χ3n) is 8.54. The molecule has 9 nitrogen and oxygen atoms in total. The van der Waals surface area contributed by atoms with Crippen molar-refractivity contribution in [2.75, 3.05) is 52.1 Å². The molecule has 212 valence electrons. The maximum Gasteiger partial charge on any atom is 0.234 e. The Morgan fingerprint density at radius 3 is 2.61 bits per heavy atom. The van der Waals surface area contributed by atoms with E-state index in [0.29, 0.717) is 25.5 Å². The second-order valence-corrected chi connectivity index (χ2v) is 13.1. The van der Waals surface area contributed by atoms with E-state index < -0.39 is 15.9 Å². The summed E-state index contributed by atoms with van der Waals surface area (Å²) in [6.45, 7) is 6.08. The van der Waals surface area contributed by atoms with Crippen LogP contribution in [0.1, 0.15) is 63.9 Å². The van der Waals surface area contributed by atoms with Gasteiger partial charge in [0.15, 0.2) is 0 Å². The summed E-state index contributed by atoms with van der Waals surface area (Å²) in [6.07, 6.45) is 9.46. The van der Waals surface area contributed by atoms with Gasteiger partial charge in [-0.25, -0.2) is 22.7 Å².